The topological polar surface area (TPSA) is 222 Å². The molecule has 2 N–H and O–H groups in total. The van der Waals surface area contributed by atoms with Gasteiger partial charge in [-0.2, -0.15) is 0 Å². The molecule has 0 bridgehead atoms. The van der Waals surface area contributed by atoms with Gasteiger partial charge in [0, 0.05) is 35.4 Å². The number of halogens is 1. The summed E-state index contributed by atoms with van der Waals surface area (Å²) >= 11 is 5.90. The average molecular weight is 512 g/mol. The number of nitrogens with zero attached hydrogens (tertiary/aromatic N) is 3. The van der Waals surface area contributed by atoms with Crippen LogP contribution in [0.15, 0.2) is 48.5 Å². The summed E-state index contributed by atoms with van der Waals surface area (Å²) in [5.74, 6) is -2.51. The first-order valence-electron chi connectivity index (χ1n) is 9.47. The molecule has 5 atom stereocenters. The van der Waals surface area contributed by atoms with Gasteiger partial charge in [-0.1, -0.05) is 11.6 Å². The van der Waals surface area contributed by atoms with Gasteiger partial charge in [-0.25, -0.2) is 0 Å². The fraction of sp³-hybridized carbons (Fsp3) is 0.263. The van der Waals surface area contributed by atoms with Crippen molar-refractivity contribution in [3.05, 3.63) is 90.0 Å². The van der Waals surface area contributed by atoms with E-state index in [4.69, 9.17) is 16.3 Å². The molecule has 0 saturated carbocycles. The number of alkyl halides is 1. The number of benzene rings is 2. The van der Waals surface area contributed by atoms with Crippen LogP contribution in [0.1, 0.15) is 20.7 Å². The first-order chi connectivity index (χ1) is 16.4. The summed E-state index contributed by atoms with van der Waals surface area (Å²) in [5, 5.41) is 53.2. The fourth-order valence-electron chi connectivity index (χ4n) is 3.49. The molecule has 35 heavy (non-hydrogen) atoms. The highest BCUT2D eigenvalue weighted by Gasteiger charge is 2.65. The number of aliphatic hydroxyl groups excluding tert-OH is 1. The molecule has 1 saturated heterocycles. The molecule has 1 aliphatic rings. The number of nitro benzene ring substituents is 2. The van der Waals surface area contributed by atoms with Crippen LogP contribution in [0, 0.1) is 30.3 Å². The molecule has 0 aromatic heterocycles. The molecule has 184 valence electrons. The van der Waals surface area contributed by atoms with Crippen molar-refractivity contribution in [3.8, 4) is 0 Å². The van der Waals surface area contributed by atoms with E-state index in [-0.39, 0.29) is 11.3 Å². The fourth-order valence-corrected chi connectivity index (χ4v) is 3.84. The van der Waals surface area contributed by atoms with Crippen molar-refractivity contribution in [1.82, 2.24) is 0 Å². The number of Topliss-reactive ketones (excluding diaryl/α,β-unsaturated/α-hetero) is 2. The first kappa shape index (κ1) is 25.6. The van der Waals surface area contributed by atoms with Gasteiger partial charge in [0.15, 0.2) is 28.8 Å². The minimum absolute atomic E-state index is 0.276. The van der Waals surface area contributed by atoms with E-state index in [1.54, 1.807) is 0 Å². The van der Waals surface area contributed by atoms with Gasteiger partial charge < -0.3 is 19.8 Å². The van der Waals surface area contributed by atoms with Gasteiger partial charge in [0.1, 0.15) is 12.2 Å². The number of hydrogen-bond donors (Lipinski definition) is 2. The Morgan fingerprint density at radius 3 is 1.83 bits per heavy atom. The number of non-ortho nitro benzene ring substituents is 2. The molecule has 16 heteroatoms. The maximum absolute atomic E-state index is 13.2. The first-order valence-corrected chi connectivity index (χ1v) is 9.90. The van der Waals surface area contributed by atoms with Crippen LogP contribution in [-0.2, 0) is 9.57 Å². The third-order valence-electron chi connectivity index (χ3n) is 5.20. The summed E-state index contributed by atoms with van der Waals surface area (Å²) in [7, 11) is 0. The molecule has 0 aliphatic carbocycles. The van der Waals surface area contributed by atoms with Crippen LogP contribution in [0.25, 0.3) is 0 Å². The number of carbonyl (C=O) groups excluding carboxylic acids is 2. The van der Waals surface area contributed by atoms with E-state index < -0.39 is 67.2 Å². The molecule has 2 aromatic rings. The predicted octanol–water partition coefficient (Wildman–Crippen LogP) is 1.20. The quantitative estimate of drug-likeness (QED) is 0.209. The zero-order valence-electron chi connectivity index (χ0n) is 17.1. The van der Waals surface area contributed by atoms with Crippen molar-refractivity contribution >= 4 is 34.5 Å². The largest absolute Gasteiger partial charge is 0.382 e. The lowest BCUT2D eigenvalue weighted by Gasteiger charge is -2.32. The standard InChI is InChI=1S/C19H14ClN3O12/c20-18-17(35-23(32)33)19(27,15(26)10-3-7-12(8-4-10)22(30)31)16(34-18)14(25)13(24)9-1-5-11(6-2-9)21(28)29/h1-8,14,16-18,25,27H/t14?,16-,17-,18-,19-/m1/s1. The predicted molar refractivity (Wildman–Crippen MR) is 112 cm³/mol. The van der Waals surface area contributed by atoms with Crippen molar-refractivity contribution in [2.45, 2.75) is 29.5 Å². The van der Waals surface area contributed by atoms with Gasteiger partial charge in [-0.05, 0) is 24.3 Å². The summed E-state index contributed by atoms with van der Waals surface area (Å²) in [6.07, 6.45) is -6.75. The summed E-state index contributed by atoms with van der Waals surface area (Å²) in [6.45, 7) is 0. The van der Waals surface area contributed by atoms with E-state index >= 15 is 0 Å². The molecule has 1 fully saturated rings. The van der Waals surface area contributed by atoms with Gasteiger partial charge in [0.25, 0.3) is 16.5 Å². The maximum Gasteiger partial charge on any atom is 0.295 e. The van der Waals surface area contributed by atoms with Gasteiger partial charge in [-0.3, -0.25) is 29.8 Å². The van der Waals surface area contributed by atoms with Gasteiger partial charge in [0.2, 0.25) is 0 Å². The number of aliphatic hydroxyl groups is 2. The molecule has 1 unspecified atom stereocenters. The number of rotatable bonds is 9. The van der Waals surface area contributed by atoms with Crippen LogP contribution < -0.4 is 0 Å². The van der Waals surface area contributed by atoms with Crippen LogP contribution in [0.4, 0.5) is 11.4 Å². The van der Waals surface area contributed by atoms with E-state index in [2.05, 4.69) is 4.84 Å². The minimum atomic E-state index is -3.11. The molecule has 0 amide bonds. The van der Waals surface area contributed by atoms with Crippen LogP contribution in [0.5, 0.6) is 0 Å². The number of ether oxygens (including phenoxy) is 1. The smallest absolute Gasteiger partial charge is 0.295 e. The lowest BCUT2D eigenvalue weighted by Crippen LogP contribution is -2.60. The van der Waals surface area contributed by atoms with Crippen molar-refractivity contribution in [3.63, 3.8) is 0 Å². The molecule has 15 nitrogen and oxygen atoms in total. The van der Waals surface area contributed by atoms with Gasteiger partial charge in [-0.15, -0.1) is 10.1 Å². The Bertz CT molecular complexity index is 1190. The Labute approximate surface area is 198 Å². The normalized spacial score (nSPS) is 24.4. The monoisotopic (exact) mass is 511 g/mol. The van der Waals surface area contributed by atoms with Crippen LogP contribution in [-0.4, -0.2) is 66.2 Å². The highest BCUT2D eigenvalue weighted by molar-refractivity contribution is 6.21. The Hall–Kier alpha value is -4.05. The van der Waals surface area contributed by atoms with Crippen molar-refractivity contribution in [2.75, 3.05) is 0 Å². The molecule has 1 aliphatic heterocycles. The van der Waals surface area contributed by atoms with Crippen LogP contribution in [0.2, 0.25) is 0 Å². The second-order valence-electron chi connectivity index (χ2n) is 7.23. The minimum Gasteiger partial charge on any atom is -0.382 e. The zero-order chi connectivity index (χ0) is 26.1. The van der Waals surface area contributed by atoms with E-state index in [0.717, 1.165) is 48.5 Å². The Balaban J connectivity index is 2.01. The molecule has 0 spiro atoms. The number of hydrogen-bond acceptors (Lipinski definition) is 12. The second kappa shape index (κ2) is 9.67. The van der Waals surface area contributed by atoms with E-state index in [9.17, 15) is 50.1 Å². The Morgan fingerprint density at radius 2 is 1.40 bits per heavy atom. The lowest BCUT2D eigenvalue weighted by molar-refractivity contribution is -0.771. The molecule has 3 rings (SSSR count). The average Bonchev–Trinajstić information content (AvgIpc) is 3.08. The van der Waals surface area contributed by atoms with E-state index in [1.807, 2.05) is 0 Å². The molecule has 2 aromatic carbocycles. The number of carbonyl (C=O) groups is 2. The SMILES string of the molecule is O=C(c1ccc([N+](=O)[O-])cc1)C(O)[C@H]1O[C@@H](Cl)[C@@H](O[N+](=O)[O-])[C@@]1(O)C(=O)c1ccc([N+](=O)[O-])cc1. The third-order valence-corrected chi connectivity index (χ3v) is 5.54. The summed E-state index contributed by atoms with van der Waals surface area (Å²) in [5.41, 5.74) is -6.44. The second-order valence-corrected chi connectivity index (χ2v) is 7.66. The van der Waals surface area contributed by atoms with Crippen molar-refractivity contribution < 1.29 is 44.3 Å². The number of nitro groups is 2. The van der Waals surface area contributed by atoms with Crippen molar-refractivity contribution in [1.29, 1.82) is 0 Å². The number of ketones is 2. The van der Waals surface area contributed by atoms with Crippen LogP contribution >= 0.6 is 11.6 Å². The summed E-state index contributed by atoms with van der Waals surface area (Å²) in [4.78, 5) is 61.5. The summed E-state index contributed by atoms with van der Waals surface area (Å²) < 4.78 is 5.14. The highest BCUT2D eigenvalue weighted by Crippen LogP contribution is 2.40. The van der Waals surface area contributed by atoms with E-state index in [1.165, 1.54) is 0 Å². The van der Waals surface area contributed by atoms with E-state index in [0.29, 0.717) is 0 Å². The molecule has 0 radical (unpaired) electrons. The zero-order valence-corrected chi connectivity index (χ0v) is 17.9. The lowest BCUT2D eigenvalue weighted by atomic mass is 9.81. The Kier molecular flexibility index (Phi) is 7.06. The maximum atomic E-state index is 13.2. The highest BCUT2D eigenvalue weighted by atomic mass is 35.5. The molecule has 1 heterocycles. The molecular weight excluding hydrogens is 498 g/mol. The van der Waals surface area contributed by atoms with Crippen LogP contribution in [0.3, 0.4) is 0 Å². The van der Waals surface area contributed by atoms with Gasteiger partial charge in [0.05, 0.1) is 9.85 Å². The Morgan fingerprint density at radius 1 is 0.943 bits per heavy atom. The summed E-state index contributed by atoms with van der Waals surface area (Å²) in [6, 6.07) is 7.63. The van der Waals surface area contributed by atoms with Gasteiger partial charge >= 0.3 is 0 Å². The van der Waals surface area contributed by atoms with Crippen molar-refractivity contribution in [2.24, 2.45) is 0 Å². The molecular formula is C19H14ClN3O12. The third kappa shape index (κ3) is 4.78.